The van der Waals surface area contributed by atoms with Gasteiger partial charge in [0.1, 0.15) is 5.69 Å². The maximum atomic E-state index is 12.0. The quantitative estimate of drug-likeness (QED) is 0.878. The summed E-state index contributed by atoms with van der Waals surface area (Å²) < 4.78 is 0. The van der Waals surface area contributed by atoms with Gasteiger partial charge in [-0.2, -0.15) is 0 Å². The fourth-order valence-electron chi connectivity index (χ4n) is 2.04. The smallest absolute Gasteiger partial charge is 0.270 e. The first kappa shape index (κ1) is 16.0. The van der Waals surface area contributed by atoms with Crippen LogP contribution >= 0.6 is 0 Å². The Hall–Kier alpha value is -2.36. The Bertz CT molecular complexity index is 650. The Morgan fingerprint density at radius 3 is 2.64 bits per heavy atom. The Morgan fingerprint density at radius 1 is 1.23 bits per heavy atom. The molecule has 4 heteroatoms. The first-order valence-electron chi connectivity index (χ1n) is 7.61. The lowest BCUT2D eigenvalue weighted by atomic mass is 10.1. The molecule has 2 N–H and O–H groups in total. The maximum absolute atomic E-state index is 12.0. The van der Waals surface area contributed by atoms with Gasteiger partial charge in [0, 0.05) is 11.7 Å². The highest BCUT2D eigenvalue weighted by Gasteiger charge is 2.10. The molecule has 116 valence electrons. The van der Waals surface area contributed by atoms with Crippen LogP contribution in [0.1, 0.15) is 41.9 Å². The molecular formula is C18H23N3O. The number of amides is 1. The van der Waals surface area contributed by atoms with Crippen molar-refractivity contribution in [2.75, 3.05) is 5.32 Å². The number of nitrogens with zero attached hydrogens (tertiary/aromatic N) is 1. The van der Waals surface area contributed by atoms with E-state index in [-0.39, 0.29) is 11.9 Å². The zero-order chi connectivity index (χ0) is 16.1. The molecule has 1 aromatic carbocycles. The SMILES string of the molecule is CCC(C)NC(=O)c1ccc(Nc2cccc(C)c2C)cn1. The summed E-state index contributed by atoms with van der Waals surface area (Å²) in [7, 11) is 0. The Kier molecular flexibility index (Phi) is 5.15. The number of carbonyl (C=O) groups is 1. The third kappa shape index (κ3) is 3.85. The summed E-state index contributed by atoms with van der Waals surface area (Å²) in [6, 6.07) is 9.91. The van der Waals surface area contributed by atoms with Crippen LogP contribution in [0.2, 0.25) is 0 Å². The van der Waals surface area contributed by atoms with E-state index in [1.54, 1.807) is 12.3 Å². The van der Waals surface area contributed by atoms with Crippen molar-refractivity contribution in [3.05, 3.63) is 53.3 Å². The van der Waals surface area contributed by atoms with E-state index in [2.05, 4.69) is 35.5 Å². The minimum absolute atomic E-state index is 0.132. The summed E-state index contributed by atoms with van der Waals surface area (Å²) in [5.41, 5.74) is 4.81. The van der Waals surface area contributed by atoms with Crippen LogP contribution in [0.5, 0.6) is 0 Å². The molecule has 0 bridgehead atoms. The van der Waals surface area contributed by atoms with Crippen molar-refractivity contribution in [1.29, 1.82) is 0 Å². The molecule has 0 aliphatic rings. The lowest BCUT2D eigenvalue weighted by Gasteiger charge is -2.13. The van der Waals surface area contributed by atoms with Crippen LogP contribution < -0.4 is 10.6 Å². The highest BCUT2D eigenvalue weighted by atomic mass is 16.1. The van der Waals surface area contributed by atoms with E-state index in [4.69, 9.17) is 0 Å². The van der Waals surface area contributed by atoms with Gasteiger partial charge >= 0.3 is 0 Å². The maximum Gasteiger partial charge on any atom is 0.270 e. The van der Waals surface area contributed by atoms with E-state index < -0.39 is 0 Å². The zero-order valence-corrected chi connectivity index (χ0v) is 13.6. The summed E-state index contributed by atoms with van der Waals surface area (Å²) in [5, 5.41) is 6.25. The van der Waals surface area contributed by atoms with Gasteiger partial charge in [-0.15, -0.1) is 0 Å². The molecule has 1 unspecified atom stereocenters. The predicted molar refractivity (Wildman–Crippen MR) is 90.7 cm³/mol. The molecule has 0 saturated heterocycles. The Morgan fingerprint density at radius 2 is 2.00 bits per heavy atom. The number of aromatic nitrogens is 1. The topological polar surface area (TPSA) is 54.0 Å². The summed E-state index contributed by atoms with van der Waals surface area (Å²) in [6.45, 7) is 8.18. The molecule has 1 amide bonds. The monoisotopic (exact) mass is 297 g/mol. The van der Waals surface area contributed by atoms with Crippen LogP contribution in [-0.2, 0) is 0 Å². The van der Waals surface area contributed by atoms with Crippen molar-refractivity contribution in [2.24, 2.45) is 0 Å². The second-order valence-electron chi connectivity index (χ2n) is 5.59. The van der Waals surface area contributed by atoms with Crippen molar-refractivity contribution in [3.8, 4) is 0 Å². The third-order valence-electron chi connectivity index (χ3n) is 3.87. The Labute approximate surface area is 132 Å². The summed E-state index contributed by atoms with van der Waals surface area (Å²) in [5.74, 6) is -0.132. The number of anilines is 2. The number of hydrogen-bond acceptors (Lipinski definition) is 3. The van der Waals surface area contributed by atoms with Crippen molar-refractivity contribution < 1.29 is 4.79 Å². The van der Waals surface area contributed by atoms with Crippen LogP contribution in [0, 0.1) is 13.8 Å². The number of aryl methyl sites for hydroxylation is 1. The normalized spacial score (nSPS) is 11.8. The molecule has 1 aromatic heterocycles. The molecule has 0 aliphatic heterocycles. The van der Waals surface area contributed by atoms with Crippen LogP contribution in [0.25, 0.3) is 0 Å². The number of carbonyl (C=O) groups excluding carboxylic acids is 1. The van der Waals surface area contributed by atoms with E-state index in [9.17, 15) is 4.79 Å². The van der Waals surface area contributed by atoms with Gasteiger partial charge in [0.15, 0.2) is 0 Å². The van der Waals surface area contributed by atoms with Crippen molar-refractivity contribution in [2.45, 2.75) is 40.2 Å². The van der Waals surface area contributed by atoms with Gasteiger partial charge in [0.25, 0.3) is 5.91 Å². The molecule has 0 fully saturated rings. The van der Waals surface area contributed by atoms with Gasteiger partial charge in [-0.25, -0.2) is 4.98 Å². The minimum atomic E-state index is -0.132. The molecular weight excluding hydrogens is 274 g/mol. The zero-order valence-electron chi connectivity index (χ0n) is 13.6. The summed E-state index contributed by atoms with van der Waals surface area (Å²) in [4.78, 5) is 16.2. The highest BCUT2D eigenvalue weighted by Crippen LogP contribution is 2.22. The standard InChI is InChI=1S/C18H23N3O/c1-5-13(3)20-18(22)17-10-9-15(11-19-17)21-16-8-6-7-12(2)14(16)4/h6-11,13,21H,5H2,1-4H3,(H,20,22). The van der Waals surface area contributed by atoms with Gasteiger partial charge in [-0.3, -0.25) is 4.79 Å². The molecule has 2 aromatic rings. The second kappa shape index (κ2) is 7.07. The molecule has 0 spiro atoms. The van der Waals surface area contributed by atoms with Gasteiger partial charge in [0.05, 0.1) is 11.9 Å². The molecule has 4 nitrogen and oxygen atoms in total. The van der Waals surface area contributed by atoms with Crippen LogP contribution in [-0.4, -0.2) is 16.9 Å². The number of hydrogen-bond donors (Lipinski definition) is 2. The van der Waals surface area contributed by atoms with Crippen LogP contribution in [0.3, 0.4) is 0 Å². The van der Waals surface area contributed by atoms with Gasteiger partial charge in [-0.05, 0) is 56.5 Å². The highest BCUT2D eigenvalue weighted by molar-refractivity contribution is 5.92. The third-order valence-corrected chi connectivity index (χ3v) is 3.87. The molecule has 0 saturated carbocycles. The van der Waals surface area contributed by atoms with E-state index >= 15 is 0 Å². The van der Waals surface area contributed by atoms with Gasteiger partial charge in [-0.1, -0.05) is 19.1 Å². The fourth-order valence-corrected chi connectivity index (χ4v) is 2.04. The molecule has 1 heterocycles. The van der Waals surface area contributed by atoms with E-state index in [0.29, 0.717) is 5.69 Å². The van der Waals surface area contributed by atoms with Gasteiger partial charge < -0.3 is 10.6 Å². The number of rotatable bonds is 5. The molecule has 0 aliphatic carbocycles. The average Bonchev–Trinajstić information content (AvgIpc) is 2.52. The molecule has 1 atom stereocenters. The predicted octanol–water partition coefficient (Wildman–Crippen LogP) is 3.97. The van der Waals surface area contributed by atoms with E-state index in [1.807, 2.05) is 32.0 Å². The van der Waals surface area contributed by atoms with Crippen molar-refractivity contribution >= 4 is 17.3 Å². The van der Waals surface area contributed by atoms with Crippen molar-refractivity contribution in [3.63, 3.8) is 0 Å². The lowest BCUT2D eigenvalue weighted by molar-refractivity contribution is 0.0934. The average molecular weight is 297 g/mol. The fraction of sp³-hybridized carbons (Fsp3) is 0.333. The van der Waals surface area contributed by atoms with Crippen LogP contribution in [0.15, 0.2) is 36.5 Å². The van der Waals surface area contributed by atoms with Gasteiger partial charge in [0.2, 0.25) is 0 Å². The number of pyridine rings is 1. The minimum Gasteiger partial charge on any atom is -0.354 e. The number of nitrogens with one attached hydrogen (secondary N) is 2. The summed E-state index contributed by atoms with van der Waals surface area (Å²) in [6.07, 6.45) is 2.59. The molecule has 22 heavy (non-hydrogen) atoms. The Balaban J connectivity index is 2.09. The second-order valence-corrected chi connectivity index (χ2v) is 5.59. The summed E-state index contributed by atoms with van der Waals surface area (Å²) >= 11 is 0. The van der Waals surface area contributed by atoms with E-state index in [1.165, 1.54) is 11.1 Å². The first-order valence-corrected chi connectivity index (χ1v) is 7.61. The van der Waals surface area contributed by atoms with E-state index in [0.717, 1.165) is 17.8 Å². The van der Waals surface area contributed by atoms with Crippen LogP contribution in [0.4, 0.5) is 11.4 Å². The first-order chi connectivity index (χ1) is 10.5. The molecule has 0 radical (unpaired) electrons. The number of benzene rings is 1. The molecule has 2 rings (SSSR count). The lowest BCUT2D eigenvalue weighted by Crippen LogP contribution is -2.32. The van der Waals surface area contributed by atoms with Crippen molar-refractivity contribution in [1.82, 2.24) is 10.3 Å². The largest absolute Gasteiger partial charge is 0.354 e.